The van der Waals surface area contributed by atoms with Gasteiger partial charge >= 0.3 is 5.97 Å². The molecule has 1 saturated carbocycles. The molecule has 1 amide bonds. The molecule has 0 saturated heterocycles. The Balaban J connectivity index is 2.31. The molecule has 98 valence electrons. The van der Waals surface area contributed by atoms with Gasteiger partial charge in [-0.1, -0.05) is 11.6 Å². The lowest BCUT2D eigenvalue weighted by Gasteiger charge is -2.45. The van der Waals surface area contributed by atoms with Crippen LogP contribution in [-0.2, 0) is 14.4 Å². The van der Waals surface area contributed by atoms with Crippen LogP contribution in [0.5, 0.6) is 0 Å². The van der Waals surface area contributed by atoms with Crippen LogP contribution in [0.15, 0.2) is 11.6 Å². The molecular weight excluding hydrogens is 234 g/mol. The third kappa shape index (κ3) is 2.05. The summed E-state index contributed by atoms with van der Waals surface area (Å²) in [6.45, 7) is 1.42. The van der Waals surface area contributed by atoms with Gasteiger partial charge in [0.15, 0.2) is 1.41 Å². The number of carboxylic acid groups (broad SMARTS) is 1. The van der Waals surface area contributed by atoms with E-state index in [1.54, 1.807) is 0 Å². The molecule has 0 spiro atoms. The molecule has 0 aliphatic heterocycles. The minimum atomic E-state index is -0.935. The van der Waals surface area contributed by atoms with Crippen molar-refractivity contribution in [3.05, 3.63) is 11.6 Å². The zero-order valence-corrected chi connectivity index (χ0v) is 10.2. The van der Waals surface area contributed by atoms with Gasteiger partial charge in [0.25, 0.3) is 0 Å². The number of carboxylic acids is 1. The first-order valence-corrected chi connectivity index (χ1v) is 6.10. The molecule has 5 nitrogen and oxygen atoms in total. The van der Waals surface area contributed by atoms with E-state index in [9.17, 15) is 19.5 Å². The second-order valence-corrected chi connectivity index (χ2v) is 5.19. The number of hydrogen-bond donors (Lipinski definition) is 2. The number of nitrogens with two attached hydrogens (primary N) is 1. The molecular formula is C13H17NO4. The Morgan fingerprint density at radius 1 is 1.44 bits per heavy atom. The normalized spacial score (nSPS) is 34.5. The van der Waals surface area contributed by atoms with Crippen LogP contribution < -0.4 is 5.73 Å². The fraction of sp³-hybridized carbons (Fsp3) is 0.615. The smallest absolute Gasteiger partial charge is 0.307 e. The van der Waals surface area contributed by atoms with Crippen molar-refractivity contribution in [1.82, 2.24) is 0 Å². The van der Waals surface area contributed by atoms with E-state index in [0.717, 1.165) is 18.4 Å². The van der Waals surface area contributed by atoms with E-state index in [2.05, 4.69) is 0 Å². The predicted molar refractivity (Wildman–Crippen MR) is 63.4 cm³/mol. The van der Waals surface area contributed by atoms with Gasteiger partial charge in [0, 0.05) is 12.3 Å². The van der Waals surface area contributed by atoms with Gasteiger partial charge in [-0.3, -0.25) is 14.4 Å². The lowest BCUT2D eigenvalue weighted by molar-refractivity contribution is -0.152. The maximum absolute atomic E-state index is 11.8. The monoisotopic (exact) mass is 253 g/mol. The zero-order valence-electron chi connectivity index (χ0n) is 11.2. The molecule has 0 heterocycles. The van der Waals surface area contributed by atoms with E-state index < -0.39 is 23.7 Å². The van der Waals surface area contributed by atoms with Crippen LogP contribution in [0.25, 0.3) is 0 Å². The number of fused-ring (bicyclic) bond motifs is 2. The van der Waals surface area contributed by atoms with Gasteiger partial charge in [0.2, 0.25) is 5.91 Å². The Morgan fingerprint density at radius 3 is 2.72 bits per heavy atom. The molecule has 0 aromatic carbocycles. The molecule has 3 rings (SSSR count). The fourth-order valence-corrected chi connectivity index (χ4v) is 3.50. The molecule has 5 heteroatoms. The third-order valence-electron chi connectivity index (χ3n) is 4.12. The van der Waals surface area contributed by atoms with Crippen molar-refractivity contribution in [2.45, 2.75) is 26.2 Å². The lowest BCUT2D eigenvalue weighted by atomic mass is 9.58. The molecule has 3 aliphatic rings. The second kappa shape index (κ2) is 4.55. The van der Waals surface area contributed by atoms with Crippen molar-refractivity contribution in [1.29, 1.82) is 0 Å². The van der Waals surface area contributed by atoms with Crippen molar-refractivity contribution in [3.63, 3.8) is 0 Å². The highest BCUT2D eigenvalue weighted by Crippen LogP contribution is 2.49. The van der Waals surface area contributed by atoms with Crippen molar-refractivity contribution in [3.8, 4) is 0 Å². The first kappa shape index (κ1) is 11.4. The highest BCUT2D eigenvalue weighted by atomic mass is 16.4. The van der Waals surface area contributed by atoms with Crippen molar-refractivity contribution in [2.75, 3.05) is 0 Å². The number of amides is 1. The third-order valence-corrected chi connectivity index (χ3v) is 4.12. The summed E-state index contributed by atoms with van der Waals surface area (Å²) in [4.78, 5) is 34.4. The number of carbonyl (C=O) groups is 3. The molecule has 18 heavy (non-hydrogen) atoms. The van der Waals surface area contributed by atoms with Crippen LogP contribution in [-0.4, -0.2) is 22.8 Å². The Hall–Kier alpha value is -1.65. The summed E-state index contributed by atoms with van der Waals surface area (Å²) in [5, 5.41) is 9.30. The Morgan fingerprint density at radius 2 is 2.17 bits per heavy atom. The van der Waals surface area contributed by atoms with Crippen molar-refractivity contribution in [2.24, 2.45) is 29.4 Å². The Bertz CT molecular complexity index is 460. The quantitative estimate of drug-likeness (QED) is 0.722. The van der Waals surface area contributed by atoms with Crippen LogP contribution in [0.4, 0.5) is 0 Å². The minimum Gasteiger partial charge on any atom is -0.481 e. The molecule has 0 aromatic rings. The predicted octanol–water partition coefficient (Wildman–Crippen LogP) is 0.734. The number of aliphatic carboxylic acids is 1. The first-order chi connectivity index (χ1) is 8.95. The molecule has 1 fully saturated rings. The van der Waals surface area contributed by atoms with E-state index in [1.165, 1.54) is 6.92 Å². The summed E-state index contributed by atoms with van der Waals surface area (Å²) in [7, 11) is 0. The Labute approximate surface area is 106 Å². The standard InChI is InChI=1S/C13H17NO4/c1-6(15)11-9-3-2-7(12(11)13(17)18)4-8(9)5-10(14)16/h4,7,9,11-12H,2-3,5H2,1H3,(H2,14,16)(H,17,18)/i/hT. The number of primary amides is 1. The van der Waals surface area contributed by atoms with Crippen LogP contribution >= 0.6 is 0 Å². The van der Waals surface area contributed by atoms with Gasteiger partial charge in [0.1, 0.15) is 5.78 Å². The molecule has 3 aliphatic carbocycles. The number of Topliss-reactive ketones (excluding diaryl/α,β-unsaturated/α-hetero) is 1. The summed E-state index contributed by atoms with van der Waals surface area (Å²) >= 11 is 0. The van der Waals surface area contributed by atoms with Gasteiger partial charge in [-0.2, -0.15) is 0 Å². The summed E-state index contributed by atoms with van der Waals surface area (Å²) in [5.41, 5.74) is 2.64. The molecule has 4 unspecified atom stereocenters. The lowest BCUT2D eigenvalue weighted by Crippen LogP contribution is -2.46. The number of rotatable bonds is 4. The van der Waals surface area contributed by atoms with Crippen LogP contribution in [0, 0.1) is 23.7 Å². The van der Waals surface area contributed by atoms with Gasteiger partial charge in [0.05, 0.1) is 5.92 Å². The average Bonchev–Trinajstić information content (AvgIpc) is 2.37. The summed E-state index contributed by atoms with van der Waals surface area (Å²) in [5.74, 6) is -3.03. The van der Waals surface area contributed by atoms with Gasteiger partial charge < -0.3 is 10.8 Å². The molecule has 0 radical (unpaired) electrons. The maximum Gasteiger partial charge on any atom is 0.307 e. The van der Waals surface area contributed by atoms with E-state index in [1.807, 2.05) is 11.8 Å². The number of allylic oxidation sites excluding steroid dienone is 1. The van der Waals surface area contributed by atoms with Crippen LogP contribution in [0.3, 0.4) is 0 Å². The number of carbonyl (C=O) groups excluding carboxylic acids is 2. The summed E-state index contributed by atoms with van der Waals surface area (Å²) < 4.78 is 6.82. The number of hydrogen-bond acceptors (Lipinski definition) is 3. The van der Waals surface area contributed by atoms with E-state index in [-0.39, 0.29) is 24.0 Å². The molecule has 3 N–H and O–H groups in total. The number of ketones is 1. The molecule has 4 atom stereocenters. The van der Waals surface area contributed by atoms with Gasteiger partial charge in [-0.15, -0.1) is 0 Å². The average molecular weight is 253 g/mol. The van der Waals surface area contributed by atoms with Crippen molar-refractivity contribution >= 4 is 17.7 Å². The van der Waals surface area contributed by atoms with E-state index in [4.69, 9.17) is 1.41 Å². The largest absolute Gasteiger partial charge is 0.481 e. The van der Waals surface area contributed by atoms with Crippen molar-refractivity contribution < 1.29 is 20.9 Å². The second-order valence-electron chi connectivity index (χ2n) is 5.19. The molecule has 2 bridgehead atoms. The zero-order chi connectivity index (χ0) is 14.2. The van der Waals surface area contributed by atoms with E-state index in [0.29, 0.717) is 0 Å². The first-order valence-electron chi connectivity index (χ1n) is 6.60. The van der Waals surface area contributed by atoms with Gasteiger partial charge in [-0.25, -0.2) is 0 Å². The minimum absolute atomic E-state index is 0.0841. The fourth-order valence-electron chi connectivity index (χ4n) is 3.50. The maximum atomic E-state index is 11.8. The highest BCUT2D eigenvalue weighted by Gasteiger charge is 2.49. The SMILES string of the molecule is [3H]NC(=O)CC1=CC2CCC1C(C(C)=O)C2C(=O)O. The molecule has 0 aromatic heterocycles. The topological polar surface area (TPSA) is 97.5 Å². The summed E-state index contributed by atoms with van der Waals surface area (Å²) in [6.07, 6.45) is 3.41. The summed E-state index contributed by atoms with van der Waals surface area (Å²) in [6, 6.07) is 0. The van der Waals surface area contributed by atoms with Crippen LogP contribution in [0.2, 0.25) is 1.41 Å². The van der Waals surface area contributed by atoms with Crippen LogP contribution in [0.1, 0.15) is 26.2 Å². The highest BCUT2D eigenvalue weighted by molar-refractivity contribution is 5.87. The van der Waals surface area contributed by atoms with E-state index >= 15 is 0 Å². The van der Waals surface area contributed by atoms with Gasteiger partial charge in [-0.05, 0) is 31.6 Å². The Kier molecular flexibility index (Phi) is 2.89.